The molecule has 0 amide bonds. The molecule has 4 aromatic rings. The number of hydrogen-bond acceptors (Lipinski definition) is 9. The summed E-state index contributed by atoms with van der Waals surface area (Å²) in [6, 6.07) is 14.8. The number of ketones is 1. The predicted molar refractivity (Wildman–Crippen MR) is 126 cm³/mol. The third-order valence-corrected chi connectivity index (χ3v) is 5.33. The van der Waals surface area contributed by atoms with E-state index in [2.05, 4.69) is 4.98 Å². The van der Waals surface area contributed by atoms with Crippen LogP contribution in [0.15, 0.2) is 60.7 Å². The van der Waals surface area contributed by atoms with E-state index in [1.54, 1.807) is 0 Å². The fraction of sp³-hybridized carbons (Fsp3) is 0.0435. The first-order valence-electron chi connectivity index (χ1n) is 10.00. The summed E-state index contributed by atoms with van der Waals surface area (Å²) in [5, 5.41) is 34.0. The summed E-state index contributed by atoms with van der Waals surface area (Å²) in [6.07, 6.45) is 0. The topological polar surface area (TPSA) is 185 Å². The number of non-ortho nitro benzene ring substituents is 2. The lowest BCUT2D eigenvalue weighted by atomic mass is 10.0. The van der Waals surface area contributed by atoms with E-state index < -0.39 is 31.9 Å². The molecule has 0 aliphatic heterocycles. The summed E-state index contributed by atoms with van der Waals surface area (Å²) in [7, 11) is 0. The Morgan fingerprint density at radius 2 is 1.43 bits per heavy atom. The van der Waals surface area contributed by atoms with Gasteiger partial charge in [-0.25, -0.2) is 0 Å². The molecule has 0 unspecified atom stereocenters. The second-order valence-corrected chi connectivity index (χ2v) is 7.62. The van der Waals surface area contributed by atoms with Gasteiger partial charge in [0.2, 0.25) is 0 Å². The number of nitrogen functional groups attached to an aromatic ring is 1. The smallest absolute Gasteiger partial charge is 0.284 e. The van der Waals surface area contributed by atoms with Crippen molar-refractivity contribution in [1.82, 2.24) is 4.98 Å². The zero-order chi connectivity index (χ0) is 25.4. The van der Waals surface area contributed by atoms with E-state index in [9.17, 15) is 35.1 Å². The number of nitro groups is 3. The Morgan fingerprint density at radius 1 is 0.743 bits per heavy atom. The van der Waals surface area contributed by atoms with Crippen LogP contribution in [0.4, 0.5) is 22.7 Å². The SMILES string of the molecule is Cc1ccc2cc(N)ccc2n1.O=C1c2cc([N+](=O)[O-])ccc2-c2c1cc([N+](=O)[O-])cc2[N+](=O)[O-]. The molecule has 5 rings (SSSR count). The molecule has 35 heavy (non-hydrogen) atoms. The van der Waals surface area contributed by atoms with Crippen LogP contribution in [0.2, 0.25) is 0 Å². The first kappa shape index (κ1) is 22.9. The van der Waals surface area contributed by atoms with E-state index >= 15 is 0 Å². The standard InChI is InChI=1S/C13H5N3O7.C10H10N2/c17-13-9-3-6(14(18)19)1-2-8(9)12-10(13)4-7(15(20)21)5-11(12)16(22)23;1-7-2-3-8-6-9(11)4-5-10(8)12-7/h1-5H;2-6H,11H2,1H3. The Balaban J connectivity index is 0.000000201. The van der Waals surface area contributed by atoms with Gasteiger partial charge in [0.05, 0.1) is 31.9 Å². The molecule has 0 bridgehead atoms. The van der Waals surface area contributed by atoms with E-state index in [-0.39, 0.29) is 27.9 Å². The lowest BCUT2D eigenvalue weighted by Gasteiger charge is -2.02. The Bertz CT molecular complexity index is 1540. The maximum atomic E-state index is 12.3. The number of anilines is 1. The normalized spacial score (nSPS) is 11.3. The van der Waals surface area contributed by atoms with Gasteiger partial charge >= 0.3 is 0 Å². The summed E-state index contributed by atoms with van der Waals surface area (Å²) < 4.78 is 0. The van der Waals surface area contributed by atoms with Gasteiger partial charge in [-0.15, -0.1) is 0 Å². The summed E-state index contributed by atoms with van der Waals surface area (Å²) in [6.45, 7) is 1.98. The van der Waals surface area contributed by atoms with Crippen LogP contribution in [0.1, 0.15) is 21.6 Å². The van der Waals surface area contributed by atoms with Crippen molar-refractivity contribution in [3.05, 3.63) is 108 Å². The molecule has 0 saturated heterocycles. The molecule has 2 N–H and O–H groups in total. The molecule has 0 fully saturated rings. The largest absolute Gasteiger partial charge is 0.399 e. The first-order chi connectivity index (χ1) is 16.6. The summed E-state index contributed by atoms with van der Waals surface area (Å²) in [4.78, 5) is 47.2. The first-order valence-corrected chi connectivity index (χ1v) is 10.00. The van der Waals surface area contributed by atoms with E-state index in [1.807, 2.05) is 37.3 Å². The molecule has 0 radical (unpaired) electrons. The number of nitro benzene ring substituents is 3. The number of nitrogens with two attached hydrogens (primary N) is 1. The Kier molecular flexibility index (Phi) is 5.62. The van der Waals surface area contributed by atoms with Gasteiger partial charge in [-0.1, -0.05) is 6.07 Å². The number of carbonyl (C=O) groups excluding carboxylic acids is 1. The zero-order valence-corrected chi connectivity index (χ0v) is 18.0. The van der Waals surface area contributed by atoms with Crippen molar-refractivity contribution in [2.75, 3.05) is 5.73 Å². The van der Waals surface area contributed by atoms with Crippen LogP contribution < -0.4 is 5.73 Å². The van der Waals surface area contributed by atoms with Crippen molar-refractivity contribution in [2.45, 2.75) is 6.92 Å². The molecule has 3 aromatic carbocycles. The maximum Gasteiger partial charge on any atom is 0.284 e. The molecule has 1 aliphatic carbocycles. The fourth-order valence-corrected chi connectivity index (χ4v) is 3.77. The number of hydrogen-bond donors (Lipinski definition) is 1. The molecule has 1 aliphatic rings. The average molecular weight is 473 g/mol. The molecule has 1 heterocycles. The van der Waals surface area contributed by atoms with Crippen molar-refractivity contribution < 1.29 is 19.6 Å². The van der Waals surface area contributed by atoms with Crippen molar-refractivity contribution >= 4 is 39.4 Å². The van der Waals surface area contributed by atoms with Gasteiger partial charge in [-0.05, 0) is 37.3 Å². The Labute approximate surface area is 196 Å². The quantitative estimate of drug-likeness (QED) is 0.219. The van der Waals surface area contributed by atoms with Gasteiger partial charge in [0.1, 0.15) is 0 Å². The third kappa shape index (κ3) is 4.23. The fourth-order valence-electron chi connectivity index (χ4n) is 3.77. The lowest BCUT2D eigenvalue weighted by Crippen LogP contribution is -2.00. The second-order valence-electron chi connectivity index (χ2n) is 7.62. The van der Waals surface area contributed by atoms with Gasteiger partial charge in [0.25, 0.3) is 17.1 Å². The van der Waals surface area contributed by atoms with Crippen LogP contribution in [0.3, 0.4) is 0 Å². The number of fused-ring (bicyclic) bond motifs is 4. The number of aryl methyl sites for hydroxylation is 1. The molecule has 0 saturated carbocycles. The van der Waals surface area contributed by atoms with Crippen LogP contribution >= 0.6 is 0 Å². The van der Waals surface area contributed by atoms with Gasteiger partial charge in [-0.3, -0.25) is 40.1 Å². The molecule has 12 nitrogen and oxygen atoms in total. The Morgan fingerprint density at radius 3 is 2.09 bits per heavy atom. The highest BCUT2D eigenvalue weighted by atomic mass is 16.6. The van der Waals surface area contributed by atoms with Crippen molar-refractivity contribution in [1.29, 1.82) is 0 Å². The molecule has 0 spiro atoms. The van der Waals surface area contributed by atoms with Gasteiger partial charge in [-0.2, -0.15) is 0 Å². The van der Waals surface area contributed by atoms with Crippen LogP contribution in [0.25, 0.3) is 22.0 Å². The van der Waals surface area contributed by atoms with Crippen LogP contribution in [0.5, 0.6) is 0 Å². The van der Waals surface area contributed by atoms with E-state index in [4.69, 9.17) is 5.73 Å². The number of nitrogens with zero attached hydrogens (tertiary/aromatic N) is 4. The molecule has 12 heteroatoms. The summed E-state index contributed by atoms with van der Waals surface area (Å²) in [5.74, 6) is -0.717. The highest BCUT2D eigenvalue weighted by Gasteiger charge is 2.36. The van der Waals surface area contributed by atoms with Crippen LogP contribution in [-0.2, 0) is 0 Å². The number of aromatic nitrogens is 1. The predicted octanol–water partition coefficient (Wildman–Crippen LogP) is 4.75. The Hall–Kier alpha value is -5.26. The highest BCUT2D eigenvalue weighted by Crippen LogP contribution is 2.45. The molecular formula is C23H15N5O7. The summed E-state index contributed by atoms with van der Waals surface area (Å²) in [5.41, 5.74) is 6.73. The number of pyridine rings is 1. The van der Waals surface area contributed by atoms with Crippen molar-refractivity contribution in [3.8, 4) is 11.1 Å². The molecule has 1 aromatic heterocycles. The summed E-state index contributed by atoms with van der Waals surface area (Å²) >= 11 is 0. The number of benzene rings is 3. The maximum absolute atomic E-state index is 12.3. The van der Waals surface area contributed by atoms with Crippen LogP contribution in [0, 0.1) is 37.3 Å². The minimum Gasteiger partial charge on any atom is -0.399 e. The van der Waals surface area contributed by atoms with Crippen molar-refractivity contribution in [3.63, 3.8) is 0 Å². The molecule has 0 atom stereocenters. The highest BCUT2D eigenvalue weighted by molar-refractivity contribution is 6.23. The van der Waals surface area contributed by atoms with Crippen molar-refractivity contribution in [2.24, 2.45) is 0 Å². The van der Waals surface area contributed by atoms with E-state index in [0.717, 1.165) is 46.5 Å². The second kappa shape index (κ2) is 8.59. The average Bonchev–Trinajstić information content (AvgIpc) is 3.10. The third-order valence-electron chi connectivity index (χ3n) is 5.33. The minimum atomic E-state index is -0.841. The molecular weight excluding hydrogens is 458 g/mol. The monoisotopic (exact) mass is 473 g/mol. The van der Waals surface area contributed by atoms with Gasteiger partial charge in [0, 0.05) is 51.7 Å². The van der Waals surface area contributed by atoms with Gasteiger partial charge < -0.3 is 5.73 Å². The zero-order valence-electron chi connectivity index (χ0n) is 18.0. The lowest BCUT2D eigenvalue weighted by molar-refractivity contribution is -0.393. The van der Waals surface area contributed by atoms with Crippen LogP contribution in [-0.4, -0.2) is 25.5 Å². The van der Waals surface area contributed by atoms with E-state index in [0.29, 0.717) is 0 Å². The van der Waals surface area contributed by atoms with Gasteiger partial charge in [0.15, 0.2) is 5.78 Å². The minimum absolute atomic E-state index is 0.0597. The van der Waals surface area contributed by atoms with E-state index in [1.165, 1.54) is 6.07 Å². The number of rotatable bonds is 3. The number of carbonyl (C=O) groups is 1. The molecule has 174 valence electrons.